The normalized spacial score (nSPS) is 20.1. The van der Waals surface area contributed by atoms with Crippen LogP contribution in [0.1, 0.15) is 11.1 Å². The Bertz CT molecular complexity index is 751. The lowest BCUT2D eigenvalue weighted by atomic mass is 9.87. The number of ether oxygens (including phenoxy) is 1. The van der Waals surface area contributed by atoms with E-state index in [1.165, 1.54) is 13.2 Å². The van der Waals surface area contributed by atoms with Crippen molar-refractivity contribution < 1.29 is 23.4 Å². The van der Waals surface area contributed by atoms with Crippen LogP contribution in [0.25, 0.3) is 0 Å². The SMILES string of the molecule is COc1cc(C2(O)C(=O)Nc3cc(F)ccc32)c(F)cn1. The number of fused-ring (bicyclic) bond motifs is 1. The first-order valence-corrected chi connectivity index (χ1v) is 6.00. The van der Waals surface area contributed by atoms with Crippen LogP contribution in [0.15, 0.2) is 30.5 Å². The minimum atomic E-state index is -2.26. The van der Waals surface area contributed by atoms with E-state index in [1.54, 1.807) is 0 Å². The summed E-state index contributed by atoms with van der Waals surface area (Å²) in [6.07, 6.45) is 0.848. The van der Waals surface area contributed by atoms with Crippen molar-refractivity contribution in [3.05, 3.63) is 53.2 Å². The van der Waals surface area contributed by atoms with Crippen LogP contribution >= 0.6 is 0 Å². The number of carbonyl (C=O) groups excluding carboxylic acids is 1. The first-order chi connectivity index (χ1) is 9.96. The van der Waals surface area contributed by atoms with Crippen LogP contribution < -0.4 is 10.1 Å². The minimum Gasteiger partial charge on any atom is -0.481 e. The van der Waals surface area contributed by atoms with Crippen molar-refractivity contribution in [2.75, 3.05) is 12.4 Å². The van der Waals surface area contributed by atoms with E-state index in [-0.39, 0.29) is 22.7 Å². The fourth-order valence-electron chi connectivity index (χ4n) is 2.35. The van der Waals surface area contributed by atoms with E-state index in [0.717, 1.165) is 24.4 Å². The molecule has 1 aliphatic heterocycles. The third-order valence-electron chi connectivity index (χ3n) is 3.38. The van der Waals surface area contributed by atoms with Crippen LogP contribution in [0.2, 0.25) is 0 Å². The van der Waals surface area contributed by atoms with Gasteiger partial charge in [0.1, 0.15) is 11.6 Å². The molecule has 0 radical (unpaired) electrons. The van der Waals surface area contributed by atoms with Gasteiger partial charge in [0.25, 0.3) is 5.91 Å². The summed E-state index contributed by atoms with van der Waals surface area (Å²) in [7, 11) is 1.33. The van der Waals surface area contributed by atoms with Gasteiger partial charge in [-0.3, -0.25) is 4.79 Å². The molecule has 2 heterocycles. The summed E-state index contributed by atoms with van der Waals surface area (Å²) in [5.74, 6) is -2.27. The number of methoxy groups -OCH3 is 1. The average Bonchev–Trinajstić information content (AvgIpc) is 2.71. The summed E-state index contributed by atoms with van der Waals surface area (Å²) in [4.78, 5) is 15.8. The van der Waals surface area contributed by atoms with E-state index in [4.69, 9.17) is 4.74 Å². The smallest absolute Gasteiger partial charge is 0.265 e. The molecule has 5 nitrogen and oxygen atoms in total. The van der Waals surface area contributed by atoms with E-state index >= 15 is 0 Å². The van der Waals surface area contributed by atoms with E-state index in [1.807, 2.05) is 0 Å². The minimum absolute atomic E-state index is 0.0446. The van der Waals surface area contributed by atoms with E-state index < -0.39 is 23.1 Å². The number of pyridine rings is 1. The molecule has 2 aromatic rings. The number of hydrogen-bond acceptors (Lipinski definition) is 4. The molecule has 7 heteroatoms. The van der Waals surface area contributed by atoms with Crippen molar-refractivity contribution in [1.29, 1.82) is 0 Å². The topological polar surface area (TPSA) is 71.5 Å². The molecule has 1 aliphatic rings. The zero-order valence-electron chi connectivity index (χ0n) is 10.9. The van der Waals surface area contributed by atoms with Gasteiger partial charge in [0.15, 0.2) is 5.60 Å². The molecule has 0 spiro atoms. The van der Waals surface area contributed by atoms with Gasteiger partial charge in [-0.05, 0) is 12.1 Å². The number of nitrogens with one attached hydrogen (secondary N) is 1. The third-order valence-corrected chi connectivity index (χ3v) is 3.38. The number of aliphatic hydroxyl groups is 1. The highest BCUT2D eigenvalue weighted by molar-refractivity contribution is 6.07. The summed E-state index contributed by atoms with van der Waals surface area (Å²) in [6.45, 7) is 0. The Hall–Kier alpha value is -2.54. The fraction of sp³-hybridized carbons (Fsp3) is 0.143. The Balaban J connectivity index is 2.24. The Morgan fingerprint density at radius 2 is 2.05 bits per heavy atom. The second-order valence-electron chi connectivity index (χ2n) is 4.56. The van der Waals surface area contributed by atoms with Crippen LogP contribution in [0.4, 0.5) is 14.5 Å². The van der Waals surface area contributed by atoms with Crippen LogP contribution in [0, 0.1) is 11.6 Å². The zero-order chi connectivity index (χ0) is 15.2. The number of rotatable bonds is 2. The Morgan fingerprint density at radius 1 is 1.29 bits per heavy atom. The summed E-state index contributed by atoms with van der Waals surface area (Å²) in [5, 5.41) is 13.1. The highest BCUT2D eigenvalue weighted by Gasteiger charge is 2.48. The first kappa shape index (κ1) is 13.4. The van der Waals surface area contributed by atoms with Crippen molar-refractivity contribution in [3.8, 4) is 5.88 Å². The van der Waals surface area contributed by atoms with Crippen molar-refractivity contribution in [2.45, 2.75) is 5.60 Å². The highest BCUT2D eigenvalue weighted by Crippen LogP contribution is 2.42. The Kier molecular flexibility index (Phi) is 2.87. The van der Waals surface area contributed by atoms with E-state index in [2.05, 4.69) is 10.3 Å². The molecule has 2 N–H and O–H groups in total. The largest absolute Gasteiger partial charge is 0.481 e. The average molecular weight is 292 g/mol. The van der Waals surface area contributed by atoms with Gasteiger partial charge in [-0.2, -0.15) is 0 Å². The summed E-state index contributed by atoms with van der Waals surface area (Å²) in [6, 6.07) is 4.50. The van der Waals surface area contributed by atoms with Gasteiger partial charge in [0, 0.05) is 17.2 Å². The predicted molar refractivity (Wildman–Crippen MR) is 68.8 cm³/mol. The Labute approximate surface area is 118 Å². The standard InChI is InChI=1S/C14H10F2N2O3/c1-21-12-5-9(10(16)6-17-12)14(20)8-3-2-7(15)4-11(8)18-13(14)19/h2-6,20H,1H3,(H,18,19). The summed E-state index contributed by atoms with van der Waals surface area (Å²) < 4.78 is 32.1. The lowest BCUT2D eigenvalue weighted by Gasteiger charge is -2.22. The van der Waals surface area contributed by atoms with Crippen molar-refractivity contribution >= 4 is 11.6 Å². The molecule has 0 saturated carbocycles. The van der Waals surface area contributed by atoms with Crippen molar-refractivity contribution in [1.82, 2.24) is 4.98 Å². The highest BCUT2D eigenvalue weighted by atomic mass is 19.1. The fourth-order valence-corrected chi connectivity index (χ4v) is 2.35. The first-order valence-electron chi connectivity index (χ1n) is 6.00. The molecule has 0 fully saturated rings. The van der Waals surface area contributed by atoms with Crippen LogP contribution in [-0.2, 0) is 10.4 Å². The maximum Gasteiger partial charge on any atom is 0.265 e. The second-order valence-corrected chi connectivity index (χ2v) is 4.56. The molecular formula is C14H10F2N2O3. The third kappa shape index (κ3) is 1.85. The number of carbonyl (C=O) groups is 1. The lowest BCUT2D eigenvalue weighted by molar-refractivity contribution is -0.129. The summed E-state index contributed by atoms with van der Waals surface area (Å²) >= 11 is 0. The van der Waals surface area contributed by atoms with Crippen molar-refractivity contribution in [2.24, 2.45) is 0 Å². The second kappa shape index (κ2) is 4.49. The number of nitrogens with zero attached hydrogens (tertiary/aromatic N) is 1. The number of halogens is 2. The predicted octanol–water partition coefficient (Wildman–Crippen LogP) is 1.56. The molecule has 108 valence electrons. The van der Waals surface area contributed by atoms with Gasteiger partial charge in [0.05, 0.1) is 19.0 Å². The summed E-state index contributed by atoms with van der Waals surface area (Å²) in [5.41, 5.74) is -2.40. The lowest BCUT2D eigenvalue weighted by Crippen LogP contribution is -2.36. The number of anilines is 1. The van der Waals surface area contributed by atoms with Gasteiger partial charge in [-0.25, -0.2) is 13.8 Å². The van der Waals surface area contributed by atoms with Gasteiger partial charge in [0.2, 0.25) is 5.88 Å². The maximum atomic E-state index is 14.0. The van der Waals surface area contributed by atoms with E-state index in [9.17, 15) is 18.7 Å². The monoisotopic (exact) mass is 292 g/mol. The molecule has 0 saturated heterocycles. The maximum absolute atomic E-state index is 14.0. The van der Waals surface area contributed by atoms with Crippen LogP contribution in [0.5, 0.6) is 5.88 Å². The molecule has 1 amide bonds. The molecule has 0 aliphatic carbocycles. The molecular weight excluding hydrogens is 282 g/mol. The number of aromatic nitrogens is 1. The Morgan fingerprint density at radius 3 is 2.76 bits per heavy atom. The van der Waals surface area contributed by atoms with E-state index in [0.29, 0.717) is 0 Å². The molecule has 1 atom stereocenters. The number of amides is 1. The van der Waals surface area contributed by atoms with Gasteiger partial charge in [-0.1, -0.05) is 6.07 Å². The van der Waals surface area contributed by atoms with Crippen LogP contribution in [-0.4, -0.2) is 23.1 Å². The van der Waals surface area contributed by atoms with Gasteiger partial charge >= 0.3 is 0 Å². The number of benzene rings is 1. The number of hydrogen-bond donors (Lipinski definition) is 2. The van der Waals surface area contributed by atoms with Crippen molar-refractivity contribution in [3.63, 3.8) is 0 Å². The van der Waals surface area contributed by atoms with Gasteiger partial charge in [-0.15, -0.1) is 0 Å². The van der Waals surface area contributed by atoms with Crippen LogP contribution in [0.3, 0.4) is 0 Å². The molecule has 1 aromatic heterocycles. The molecule has 1 aromatic carbocycles. The zero-order valence-corrected chi connectivity index (χ0v) is 10.9. The molecule has 0 bridgehead atoms. The molecule has 21 heavy (non-hydrogen) atoms. The molecule has 3 rings (SSSR count). The quantitative estimate of drug-likeness (QED) is 0.881. The van der Waals surface area contributed by atoms with Gasteiger partial charge < -0.3 is 15.2 Å². The molecule has 1 unspecified atom stereocenters.